The lowest BCUT2D eigenvalue weighted by molar-refractivity contribution is 0.143. The first kappa shape index (κ1) is 11.5. The standard InChI is InChI=1S/C14H21NO/c1-12-5-7-14(8-6-12)15-9-3-4-13(10-15)11-16-2/h5-8,13H,3-4,9-11H2,1-2H3. The third-order valence-electron chi connectivity index (χ3n) is 3.32. The van der Waals surface area contributed by atoms with Crippen LogP contribution in [-0.4, -0.2) is 26.8 Å². The van der Waals surface area contributed by atoms with Crippen LogP contribution in [0.4, 0.5) is 5.69 Å². The average Bonchev–Trinajstić information content (AvgIpc) is 2.31. The summed E-state index contributed by atoms with van der Waals surface area (Å²) in [5, 5.41) is 0. The Balaban J connectivity index is 2.01. The van der Waals surface area contributed by atoms with Crippen molar-refractivity contribution in [2.75, 3.05) is 31.7 Å². The van der Waals surface area contributed by atoms with Crippen molar-refractivity contribution in [3.8, 4) is 0 Å². The molecule has 0 N–H and O–H groups in total. The van der Waals surface area contributed by atoms with Gasteiger partial charge in [-0.1, -0.05) is 17.7 Å². The van der Waals surface area contributed by atoms with E-state index in [1.54, 1.807) is 7.11 Å². The van der Waals surface area contributed by atoms with Gasteiger partial charge in [0.25, 0.3) is 0 Å². The zero-order valence-corrected chi connectivity index (χ0v) is 10.3. The molecule has 1 aliphatic rings. The first-order chi connectivity index (χ1) is 7.79. The molecule has 1 fully saturated rings. The zero-order chi connectivity index (χ0) is 11.4. The molecule has 0 radical (unpaired) electrons. The summed E-state index contributed by atoms with van der Waals surface area (Å²) in [5.74, 6) is 0.694. The Hall–Kier alpha value is -1.02. The van der Waals surface area contributed by atoms with Crippen LogP contribution in [0.3, 0.4) is 0 Å². The van der Waals surface area contributed by atoms with E-state index in [0.29, 0.717) is 5.92 Å². The number of rotatable bonds is 3. The predicted octanol–water partition coefficient (Wildman–Crippen LogP) is 2.86. The number of aryl methyl sites for hydroxylation is 1. The van der Waals surface area contributed by atoms with Crippen molar-refractivity contribution in [2.24, 2.45) is 5.92 Å². The summed E-state index contributed by atoms with van der Waals surface area (Å²) in [5.41, 5.74) is 2.68. The van der Waals surface area contributed by atoms with Crippen LogP contribution in [0.25, 0.3) is 0 Å². The smallest absolute Gasteiger partial charge is 0.0507 e. The lowest BCUT2D eigenvalue weighted by Gasteiger charge is -2.34. The third-order valence-corrected chi connectivity index (χ3v) is 3.32. The lowest BCUT2D eigenvalue weighted by Crippen LogP contribution is -2.37. The summed E-state index contributed by atoms with van der Waals surface area (Å²) in [6.07, 6.45) is 2.58. The normalized spacial score (nSPS) is 21.1. The number of methoxy groups -OCH3 is 1. The molecule has 1 aromatic carbocycles. The van der Waals surface area contributed by atoms with Crippen LogP contribution in [0.1, 0.15) is 18.4 Å². The second-order valence-corrected chi connectivity index (χ2v) is 4.75. The second-order valence-electron chi connectivity index (χ2n) is 4.75. The fraction of sp³-hybridized carbons (Fsp3) is 0.571. The van der Waals surface area contributed by atoms with Gasteiger partial charge in [0, 0.05) is 25.9 Å². The summed E-state index contributed by atoms with van der Waals surface area (Å²) in [6, 6.07) is 8.83. The number of ether oxygens (including phenoxy) is 1. The Labute approximate surface area is 98.2 Å². The van der Waals surface area contributed by atoms with E-state index in [1.807, 2.05) is 0 Å². The molecule has 88 valence electrons. The van der Waals surface area contributed by atoms with Crippen molar-refractivity contribution in [3.05, 3.63) is 29.8 Å². The Morgan fingerprint density at radius 2 is 2.06 bits per heavy atom. The minimum absolute atomic E-state index is 0.694. The largest absolute Gasteiger partial charge is 0.384 e. The second kappa shape index (κ2) is 5.35. The van der Waals surface area contributed by atoms with Crippen molar-refractivity contribution < 1.29 is 4.74 Å². The quantitative estimate of drug-likeness (QED) is 0.775. The highest BCUT2D eigenvalue weighted by Crippen LogP contribution is 2.23. The number of benzene rings is 1. The van der Waals surface area contributed by atoms with Gasteiger partial charge in [-0.3, -0.25) is 0 Å². The number of anilines is 1. The van der Waals surface area contributed by atoms with Gasteiger partial charge in [0.1, 0.15) is 0 Å². The van der Waals surface area contributed by atoms with E-state index in [9.17, 15) is 0 Å². The Morgan fingerprint density at radius 1 is 1.31 bits per heavy atom. The number of piperidine rings is 1. The van der Waals surface area contributed by atoms with E-state index >= 15 is 0 Å². The molecule has 2 nitrogen and oxygen atoms in total. The van der Waals surface area contributed by atoms with Gasteiger partial charge in [-0.05, 0) is 37.8 Å². The molecule has 1 heterocycles. The molecule has 2 rings (SSSR count). The maximum atomic E-state index is 5.26. The summed E-state index contributed by atoms with van der Waals surface area (Å²) >= 11 is 0. The molecule has 1 aliphatic heterocycles. The molecular formula is C14H21NO. The molecule has 0 spiro atoms. The molecule has 16 heavy (non-hydrogen) atoms. The molecule has 0 saturated carbocycles. The van der Waals surface area contributed by atoms with Gasteiger partial charge in [-0.25, -0.2) is 0 Å². The van der Waals surface area contributed by atoms with E-state index in [2.05, 4.69) is 36.1 Å². The van der Waals surface area contributed by atoms with Gasteiger partial charge >= 0.3 is 0 Å². The average molecular weight is 219 g/mol. The topological polar surface area (TPSA) is 12.5 Å². The van der Waals surface area contributed by atoms with Crippen molar-refractivity contribution in [1.29, 1.82) is 0 Å². The van der Waals surface area contributed by atoms with Crippen LogP contribution in [0.2, 0.25) is 0 Å². The van der Waals surface area contributed by atoms with Crippen molar-refractivity contribution in [1.82, 2.24) is 0 Å². The van der Waals surface area contributed by atoms with Gasteiger partial charge in [-0.2, -0.15) is 0 Å². The van der Waals surface area contributed by atoms with Crippen molar-refractivity contribution in [3.63, 3.8) is 0 Å². The van der Waals surface area contributed by atoms with Crippen LogP contribution in [0.5, 0.6) is 0 Å². The first-order valence-electron chi connectivity index (χ1n) is 6.10. The van der Waals surface area contributed by atoms with Gasteiger partial charge < -0.3 is 9.64 Å². The summed E-state index contributed by atoms with van der Waals surface area (Å²) < 4.78 is 5.26. The lowest BCUT2D eigenvalue weighted by atomic mass is 9.98. The van der Waals surface area contributed by atoms with Crippen LogP contribution in [0, 0.1) is 12.8 Å². The van der Waals surface area contributed by atoms with Crippen LogP contribution in [-0.2, 0) is 4.74 Å². The van der Waals surface area contributed by atoms with Gasteiger partial charge in [-0.15, -0.1) is 0 Å². The summed E-state index contributed by atoms with van der Waals surface area (Å²) in [7, 11) is 1.80. The Bertz CT molecular complexity index is 318. The first-order valence-corrected chi connectivity index (χ1v) is 6.10. The van der Waals surface area contributed by atoms with E-state index in [4.69, 9.17) is 4.74 Å². The highest BCUT2D eigenvalue weighted by Gasteiger charge is 2.19. The third kappa shape index (κ3) is 2.76. The molecule has 0 aromatic heterocycles. The summed E-state index contributed by atoms with van der Waals surface area (Å²) in [4.78, 5) is 2.48. The molecule has 2 heteroatoms. The van der Waals surface area contributed by atoms with E-state index in [0.717, 1.165) is 13.2 Å². The molecule has 0 amide bonds. The van der Waals surface area contributed by atoms with Crippen molar-refractivity contribution in [2.45, 2.75) is 19.8 Å². The molecule has 1 aromatic rings. The van der Waals surface area contributed by atoms with E-state index < -0.39 is 0 Å². The van der Waals surface area contributed by atoms with Gasteiger partial charge in [0.15, 0.2) is 0 Å². The zero-order valence-electron chi connectivity index (χ0n) is 10.3. The van der Waals surface area contributed by atoms with E-state index in [1.165, 1.54) is 30.6 Å². The fourth-order valence-electron chi connectivity index (χ4n) is 2.43. The minimum Gasteiger partial charge on any atom is -0.384 e. The fourth-order valence-corrected chi connectivity index (χ4v) is 2.43. The highest BCUT2D eigenvalue weighted by molar-refractivity contribution is 5.47. The Kier molecular flexibility index (Phi) is 3.83. The molecule has 1 saturated heterocycles. The molecular weight excluding hydrogens is 198 g/mol. The van der Waals surface area contributed by atoms with Crippen LogP contribution in [0.15, 0.2) is 24.3 Å². The van der Waals surface area contributed by atoms with Crippen LogP contribution >= 0.6 is 0 Å². The SMILES string of the molecule is COCC1CCCN(c2ccc(C)cc2)C1. The summed E-state index contributed by atoms with van der Waals surface area (Å²) in [6.45, 7) is 5.34. The minimum atomic E-state index is 0.694. The number of hydrogen-bond donors (Lipinski definition) is 0. The highest BCUT2D eigenvalue weighted by atomic mass is 16.5. The Morgan fingerprint density at radius 3 is 2.75 bits per heavy atom. The monoisotopic (exact) mass is 219 g/mol. The predicted molar refractivity (Wildman–Crippen MR) is 68.0 cm³/mol. The number of hydrogen-bond acceptors (Lipinski definition) is 2. The van der Waals surface area contributed by atoms with Gasteiger partial charge in [0.05, 0.1) is 6.61 Å². The van der Waals surface area contributed by atoms with Crippen LogP contribution < -0.4 is 4.90 Å². The molecule has 0 aliphatic carbocycles. The van der Waals surface area contributed by atoms with Crippen molar-refractivity contribution >= 4 is 5.69 Å². The maximum Gasteiger partial charge on any atom is 0.0507 e. The van der Waals surface area contributed by atoms with Gasteiger partial charge in [0.2, 0.25) is 0 Å². The maximum absolute atomic E-state index is 5.26. The van der Waals surface area contributed by atoms with E-state index in [-0.39, 0.29) is 0 Å². The molecule has 0 bridgehead atoms. The molecule has 1 unspecified atom stereocenters. The molecule has 1 atom stereocenters. The number of nitrogens with zero attached hydrogens (tertiary/aromatic N) is 1.